The first-order valence-corrected chi connectivity index (χ1v) is 9.07. The topological polar surface area (TPSA) is 97.4 Å². The van der Waals surface area contributed by atoms with E-state index in [0.717, 1.165) is 17.2 Å². The van der Waals surface area contributed by atoms with Crippen LogP contribution in [0.25, 0.3) is 0 Å². The highest BCUT2D eigenvalue weighted by Gasteiger charge is 2.20. The Bertz CT molecular complexity index is 820. The van der Waals surface area contributed by atoms with E-state index in [-0.39, 0.29) is 19.8 Å². The summed E-state index contributed by atoms with van der Waals surface area (Å²) in [6.45, 7) is 2.56. The van der Waals surface area contributed by atoms with E-state index < -0.39 is 31.0 Å². The van der Waals surface area contributed by atoms with E-state index in [1.807, 2.05) is 24.3 Å². The van der Waals surface area contributed by atoms with Crippen LogP contribution in [0.4, 0.5) is 9.59 Å². The van der Waals surface area contributed by atoms with Crippen molar-refractivity contribution < 1.29 is 38.1 Å². The van der Waals surface area contributed by atoms with E-state index in [9.17, 15) is 14.4 Å². The van der Waals surface area contributed by atoms with Crippen molar-refractivity contribution in [2.75, 3.05) is 13.2 Å². The Morgan fingerprint density at radius 2 is 1.23 bits per heavy atom. The van der Waals surface area contributed by atoms with Crippen LogP contribution in [-0.4, -0.2) is 37.6 Å². The van der Waals surface area contributed by atoms with Crippen molar-refractivity contribution in [3.8, 4) is 0 Å². The van der Waals surface area contributed by atoms with Crippen molar-refractivity contribution >= 4 is 18.3 Å². The minimum atomic E-state index is -1.08. The van der Waals surface area contributed by atoms with Crippen LogP contribution in [0.3, 0.4) is 0 Å². The van der Waals surface area contributed by atoms with E-state index in [1.54, 1.807) is 36.4 Å². The highest BCUT2D eigenvalue weighted by Crippen LogP contribution is 2.06. The van der Waals surface area contributed by atoms with Crippen LogP contribution in [0.15, 0.2) is 73.3 Å². The van der Waals surface area contributed by atoms with Gasteiger partial charge in [-0.15, -0.1) is 0 Å². The second-order valence-electron chi connectivity index (χ2n) is 5.93. The van der Waals surface area contributed by atoms with Crippen molar-refractivity contribution in [1.82, 2.24) is 0 Å². The third-order valence-electron chi connectivity index (χ3n) is 3.63. The van der Waals surface area contributed by atoms with E-state index in [1.165, 1.54) is 0 Å². The Kier molecular flexibility index (Phi) is 9.45. The Morgan fingerprint density at radius 1 is 0.733 bits per heavy atom. The highest BCUT2D eigenvalue weighted by molar-refractivity contribution is 5.81. The van der Waals surface area contributed by atoms with Crippen LogP contribution < -0.4 is 0 Å². The fourth-order valence-electron chi connectivity index (χ4n) is 2.16. The minimum Gasteiger partial charge on any atom is -0.458 e. The maximum atomic E-state index is 11.9. The average Bonchev–Trinajstić information content (AvgIpc) is 2.79. The summed E-state index contributed by atoms with van der Waals surface area (Å²) in [5.41, 5.74) is 1.55. The molecule has 0 amide bonds. The number of benzene rings is 2. The van der Waals surface area contributed by atoms with E-state index >= 15 is 0 Å². The van der Waals surface area contributed by atoms with Crippen molar-refractivity contribution in [2.45, 2.75) is 19.3 Å². The Labute approximate surface area is 174 Å². The molecule has 1 unspecified atom stereocenters. The summed E-state index contributed by atoms with van der Waals surface area (Å²) in [6, 6.07) is 18.0. The SMILES string of the molecule is C=CC(=O)OCC(COC(=O)OCc1ccccc1)OC(=O)OCc1ccccc1. The first-order chi connectivity index (χ1) is 14.6. The normalized spacial score (nSPS) is 10.9. The Hall–Kier alpha value is -3.81. The standard InChI is InChI=1S/C22H22O8/c1-2-20(23)26-15-19(30-22(25)28-14-18-11-7-4-8-12-18)16-29-21(24)27-13-17-9-5-3-6-10-17/h2-12,19H,1,13-16H2. The van der Waals surface area contributed by atoms with Gasteiger partial charge in [-0.2, -0.15) is 0 Å². The molecule has 1 atom stereocenters. The summed E-state index contributed by atoms with van der Waals surface area (Å²) in [6.07, 6.45) is -2.08. The lowest BCUT2D eigenvalue weighted by Crippen LogP contribution is -2.31. The fraction of sp³-hybridized carbons (Fsp3) is 0.227. The number of ether oxygens (including phenoxy) is 5. The maximum Gasteiger partial charge on any atom is 0.509 e. The molecule has 0 bridgehead atoms. The molecule has 0 radical (unpaired) electrons. The number of carbonyl (C=O) groups is 3. The molecule has 0 aliphatic carbocycles. The van der Waals surface area contributed by atoms with Crippen LogP contribution in [0, 0.1) is 0 Å². The molecule has 0 aliphatic heterocycles. The van der Waals surface area contributed by atoms with Crippen LogP contribution >= 0.6 is 0 Å². The number of hydrogen-bond donors (Lipinski definition) is 0. The number of carbonyl (C=O) groups excluding carboxylic acids is 3. The molecule has 0 spiro atoms. The second kappa shape index (κ2) is 12.6. The molecule has 2 aromatic rings. The van der Waals surface area contributed by atoms with Gasteiger partial charge < -0.3 is 23.7 Å². The van der Waals surface area contributed by atoms with Gasteiger partial charge in [0, 0.05) is 6.08 Å². The number of rotatable bonds is 10. The fourth-order valence-corrected chi connectivity index (χ4v) is 2.16. The van der Waals surface area contributed by atoms with Gasteiger partial charge in [-0.1, -0.05) is 67.2 Å². The van der Waals surface area contributed by atoms with Gasteiger partial charge in [0.25, 0.3) is 0 Å². The van der Waals surface area contributed by atoms with Crippen LogP contribution in [0.5, 0.6) is 0 Å². The molecule has 30 heavy (non-hydrogen) atoms. The molecule has 0 fully saturated rings. The lowest BCUT2D eigenvalue weighted by Gasteiger charge is -2.17. The molecule has 2 rings (SSSR count). The molecule has 8 nitrogen and oxygen atoms in total. The first kappa shape index (κ1) is 22.5. The summed E-state index contributed by atoms with van der Waals surface area (Å²) in [5.74, 6) is -0.715. The van der Waals surface area contributed by atoms with E-state index in [0.29, 0.717) is 0 Å². The van der Waals surface area contributed by atoms with Gasteiger partial charge in [-0.25, -0.2) is 14.4 Å². The molecule has 8 heteroatoms. The van der Waals surface area contributed by atoms with Crippen molar-refractivity contribution in [2.24, 2.45) is 0 Å². The predicted octanol–water partition coefficient (Wildman–Crippen LogP) is 3.79. The molecule has 158 valence electrons. The summed E-state index contributed by atoms with van der Waals surface area (Å²) < 4.78 is 24.9. The largest absolute Gasteiger partial charge is 0.509 e. The average molecular weight is 414 g/mol. The molecule has 0 N–H and O–H groups in total. The van der Waals surface area contributed by atoms with Crippen LogP contribution in [0.1, 0.15) is 11.1 Å². The molecule has 0 aliphatic rings. The zero-order valence-electron chi connectivity index (χ0n) is 16.2. The number of esters is 1. The Balaban J connectivity index is 1.80. The highest BCUT2D eigenvalue weighted by atomic mass is 16.8. The van der Waals surface area contributed by atoms with Gasteiger partial charge in [0.05, 0.1) is 0 Å². The van der Waals surface area contributed by atoms with Crippen LogP contribution in [0.2, 0.25) is 0 Å². The Morgan fingerprint density at radius 3 is 1.77 bits per heavy atom. The molecule has 0 saturated carbocycles. The minimum absolute atomic E-state index is 0.00118. The zero-order valence-corrected chi connectivity index (χ0v) is 16.2. The van der Waals surface area contributed by atoms with E-state index in [2.05, 4.69) is 6.58 Å². The summed E-state index contributed by atoms with van der Waals surface area (Å²) >= 11 is 0. The molecule has 0 saturated heterocycles. The third kappa shape index (κ3) is 8.92. The van der Waals surface area contributed by atoms with Crippen molar-refractivity contribution in [3.05, 3.63) is 84.4 Å². The molecular weight excluding hydrogens is 392 g/mol. The number of hydrogen-bond acceptors (Lipinski definition) is 8. The van der Waals surface area contributed by atoms with Crippen molar-refractivity contribution in [3.63, 3.8) is 0 Å². The third-order valence-corrected chi connectivity index (χ3v) is 3.63. The monoisotopic (exact) mass is 414 g/mol. The molecular formula is C22H22O8. The van der Waals surface area contributed by atoms with Gasteiger partial charge in [-0.3, -0.25) is 0 Å². The molecule has 0 heterocycles. The summed E-state index contributed by atoms with van der Waals surface area (Å²) in [5, 5.41) is 0. The van der Waals surface area contributed by atoms with Gasteiger partial charge >= 0.3 is 18.3 Å². The van der Waals surface area contributed by atoms with Crippen LogP contribution in [-0.2, 0) is 41.7 Å². The van der Waals surface area contributed by atoms with Gasteiger partial charge in [-0.05, 0) is 11.1 Å². The first-order valence-electron chi connectivity index (χ1n) is 9.07. The molecule has 0 aromatic heterocycles. The quantitative estimate of drug-likeness (QED) is 0.329. The summed E-state index contributed by atoms with van der Waals surface area (Å²) in [4.78, 5) is 35.0. The van der Waals surface area contributed by atoms with Crippen molar-refractivity contribution in [1.29, 1.82) is 0 Å². The lowest BCUT2D eigenvalue weighted by molar-refractivity contribution is -0.142. The molecule has 2 aromatic carbocycles. The smallest absolute Gasteiger partial charge is 0.458 e. The second-order valence-corrected chi connectivity index (χ2v) is 5.93. The van der Waals surface area contributed by atoms with Gasteiger partial charge in [0.1, 0.15) is 26.4 Å². The zero-order chi connectivity index (χ0) is 21.6. The van der Waals surface area contributed by atoms with E-state index in [4.69, 9.17) is 23.7 Å². The maximum absolute atomic E-state index is 11.9. The van der Waals surface area contributed by atoms with Gasteiger partial charge in [0.2, 0.25) is 0 Å². The lowest BCUT2D eigenvalue weighted by atomic mass is 10.2. The summed E-state index contributed by atoms with van der Waals surface area (Å²) in [7, 11) is 0. The predicted molar refractivity (Wildman–Crippen MR) is 105 cm³/mol. The van der Waals surface area contributed by atoms with Gasteiger partial charge in [0.15, 0.2) is 6.10 Å².